The van der Waals surface area contributed by atoms with Gasteiger partial charge in [-0.2, -0.15) is 0 Å². The minimum absolute atomic E-state index is 0. The van der Waals surface area contributed by atoms with Crippen molar-refractivity contribution in [2.75, 3.05) is 12.3 Å². The van der Waals surface area contributed by atoms with E-state index in [-0.39, 0.29) is 24.2 Å². The summed E-state index contributed by atoms with van der Waals surface area (Å²) in [6.07, 6.45) is 0.927. The van der Waals surface area contributed by atoms with Crippen LogP contribution in [0.5, 0.6) is 0 Å². The van der Waals surface area contributed by atoms with Gasteiger partial charge in [0.05, 0.1) is 5.75 Å². The maximum atomic E-state index is 10.4. The van der Waals surface area contributed by atoms with Gasteiger partial charge >= 0.3 is 0 Å². The smallest absolute Gasteiger partial charge is 0.210 e. The fraction of sp³-hybridized carbons (Fsp3) is 1.00. The molecule has 10 heavy (non-hydrogen) atoms. The Hall–Kier alpha value is 0.160. The molecule has 0 bridgehead atoms. The highest BCUT2D eigenvalue weighted by atomic mass is 35.5. The topological polar surface area (TPSA) is 72.2 Å². The molecule has 0 spiro atoms. The quantitative estimate of drug-likeness (QED) is 0.585. The van der Waals surface area contributed by atoms with Crippen LogP contribution in [-0.4, -0.2) is 26.8 Å². The van der Waals surface area contributed by atoms with E-state index in [4.69, 9.17) is 5.14 Å². The molecule has 0 saturated carbocycles. The zero-order chi connectivity index (χ0) is 6.91. The van der Waals surface area contributed by atoms with Gasteiger partial charge in [-0.25, -0.2) is 13.6 Å². The van der Waals surface area contributed by atoms with Crippen LogP contribution in [0.3, 0.4) is 0 Å². The summed E-state index contributed by atoms with van der Waals surface area (Å²) in [6, 6.07) is 0.111. The Bertz CT molecular complexity index is 187. The molecule has 1 atom stereocenters. The van der Waals surface area contributed by atoms with Crippen molar-refractivity contribution in [2.45, 2.75) is 12.5 Å². The molecule has 3 N–H and O–H groups in total. The Morgan fingerprint density at radius 3 is 2.20 bits per heavy atom. The third-order valence-electron chi connectivity index (χ3n) is 1.36. The first-order valence-electron chi connectivity index (χ1n) is 2.82. The van der Waals surface area contributed by atoms with Crippen molar-refractivity contribution in [3.05, 3.63) is 0 Å². The van der Waals surface area contributed by atoms with Gasteiger partial charge in [0.25, 0.3) is 0 Å². The van der Waals surface area contributed by atoms with Crippen LogP contribution in [0.4, 0.5) is 0 Å². The van der Waals surface area contributed by atoms with Crippen molar-refractivity contribution in [3.63, 3.8) is 0 Å². The number of halogens is 1. The largest absolute Gasteiger partial charge is 0.313 e. The van der Waals surface area contributed by atoms with Crippen LogP contribution in [0.15, 0.2) is 0 Å². The number of rotatable bonds is 2. The molecule has 1 aliphatic rings. The predicted molar refractivity (Wildman–Crippen MR) is 41.6 cm³/mol. The Morgan fingerprint density at radius 2 is 2.10 bits per heavy atom. The van der Waals surface area contributed by atoms with E-state index in [1.165, 1.54) is 0 Å². The SMILES string of the molecule is Cl.NS(=O)(=O)CC1CCN1. The summed E-state index contributed by atoms with van der Waals surface area (Å²) in [6.45, 7) is 0.917. The minimum atomic E-state index is -3.25. The monoisotopic (exact) mass is 186 g/mol. The van der Waals surface area contributed by atoms with Gasteiger partial charge < -0.3 is 5.32 Å². The van der Waals surface area contributed by atoms with Gasteiger partial charge in [-0.05, 0) is 13.0 Å². The molecule has 1 heterocycles. The van der Waals surface area contributed by atoms with Crippen molar-refractivity contribution in [2.24, 2.45) is 5.14 Å². The van der Waals surface area contributed by atoms with Gasteiger partial charge in [0.2, 0.25) is 10.0 Å². The van der Waals surface area contributed by atoms with Gasteiger partial charge in [-0.3, -0.25) is 0 Å². The highest BCUT2D eigenvalue weighted by Crippen LogP contribution is 2.02. The first-order chi connectivity index (χ1) is 4.08. The normalized spacial score (nSPS) is 24.7. The first kappa shape index (κ1) is 10.2. The lowest BCUT2D eigenvalue weighted by atomic mass is 10.1. The summed E-state index contributed by atoms with van der Waals surface area (Å²) in [5.41, 5.74) is 0. The molecule has 0 amide bonds. The van der Waals surface area contributed by atoms with E-state index in [1.807, 2.05) is 0 Å². The van der Waals surface area contributed by atoms with Crippen LogP contribution in [0.25, 0.3) is 0 Å². The minimum Gasteiger partial charge on any atom is -0.313 e. The summed E-state index contributed by atoms with van der Waals surface area (Å²) < 4.78 is 20.7. The number of nitrogens with one attached hydrogen (secondary N) is 1. The summed E-state index contributed by atoms with van der Waals surface area (Å²) in [5.74, 6) is 0.0764. The summed E-state index contributed by atoms with van der Waals surface area (Å²) in [5, 5.41) is 7.72. The van der Waals surface area contributed by atoms with Gasteiger partial charge in [0, 0.05) is 6.04 Å². The Morgan fingerprint density at radius 1 is 1.60 bits per heavy atom. The van der Waals surface area contributed by atoms with Crippen molar-refractivity contribution in [1.82, 2.24) is 5.32 Å². The first-order valence-corrected chi connectivity index (χ1v) is 4.53. The predicted octanol–water partition coefficient (Wildman–Crippen LogP) is -0.941. The number of sulfonamides is 1. The van der Waals surface area contributed by atoms with E-state index in [0.29, 0.717) is 0 Å². The van der Waals surface area contributed by atoms with Gasteiger partial charge in [-0.15, -0.1) is 12.4 Å². The molecule has 0 aromatic heterocycles. The van der Waals surface area contributed by atoms with Crippen LogP contribution >= 0.6 is 12.4 Å². The van der Waals surface area contributed by atoms with Gasteiger partial charge in [0.1, 0.15) is 0 Å². The van der Waals surface area contributed by atoms with Crippen LogP contribution < -0.4 is 10.5 Å². The molecule has 1 unspecified atom stereocenters. The Labute approximate surface area is 66.6 Å². The Kier molecular flexibility index (Phi) is 3.58. The van der Waals surface area contributed by atoms with Gasteiger partial charge in [0.15, 0.2) is 0 Å². The molecule has 62 valence electrons. The second-order valence-corrected chi connectivity index (χ2v) is 3.93. The lowest BCUT2D eigenvalue weighted by molar-refractivity contribution is 0.399. The van der Waals surface area contributed by atoms with E-state index in [9.17, 15) is 8.42 Å². The lowest BCUT2D eigenvalue weighted by Gasteiger charge is -2.26. The fourth-order valence-electron chi connectivity index (χ4n) is 0.771. The second kappa shape index (κ2) is 3.52. The van der Waals surface area contributed by atoms with Crippen molar-refractivity contribution in [3.8, 4) is 0 Å². The maximum absolute atomic E-state index is 10.4. The van der Waals surface area contributed by atoms with Crippen LogP contribution in [0.1, 0.15) is 6.42 Å². The van der Waals surface area contributed by atoms with Crippen molar-refractivity contribution < 1.29 is 8.42 Å². The molecule has 1 saturated heterocycles. The molecule has 1 fully saturated rings. The number of hydrogen-bond acceptors (Lipinski definition) is 3. The zero-order valence-electron chi connectivity index (χ0n) is 5.41. The third-order valence-corrected chi connectivity index (χ3v) is 2.23. The van der Waals surface area contributed by atoms with Crippen molar-refractivity contribution >= 4 is 22.4 Å². The molecular weight excluding hydrogens is 176 g/mol. The van der Waals surface area contributed by atoms with Crippen molar-refractivity contribution in [1.29, 1.82) is 0 Å². The highest BCUT2D eigenvalue weighted by Gasteiger charge is 2.20. The van der Waals surface area contributed by atoms with Crippen LogP contribution in [0.2, 0.25) is 0 Å². The average Bonchev–Trinajstić information content (AvgIpc) is 1.53. The molecule has 1 rings (SSSR count). The number of nitrogens with two attached hydrogens (primary N) is 1. The van der Waals surface area contributed by atoms with Crippen LogP contribution in [0, 0.1) is 0 Å². The van der Waals surface area contributed by atoms with E-state index in [1.54, 1.807) is 0 Å². The van der Waals surface area contributed by atoms with E-state index in [2.05, 4.69) is 5.32 Å². The third kappa shape index (κ3) is 3.36. The molecule has 4 nitrogen and oxygen atoms in total. The molecule has 1 aliphatic heterocycles. The molecule has 0 aliphatic carbocycles. The van der Waals surface area contributed by atoms with E-state index in [0.717, 1.165) is 13.0 Å². The van der Waals surface area contributed by atoms with Crippen LogP contribution in [-0.2, 0) is 10.0 Å². The fourth-order valence-corrected chi connectivity index (χ4v) is 1.62. The van der Waals surface area contributed by atoms with Gasteiger partial charge in [-0.1, -0.05) is 0 Å². The summed E-state index contributed by atoms with van der Waals surface area (Å²) in [7, 11) is -3.25. The average molecular weight is 187 g/mol. The highest BCUT2D eigenvalue weighted by molar-refractivity contribution is 7.89. The molecule has 0 radical (unpaired) electrons. The van der Waals surface area contributed by atoms with E-state index >= 15 is 0 Å². The summed E-state index contributed by atoms with van der Waals surface area (Å²) in [4.78, 5) is 0. The molecule has 0 aromatic carbocycles. The van der Waals surface area contributed by atoms with E-state index < -0.39 is 10.0 Å². The number of hydrogen-bond donors (Lipinski definition) is 2. The number of primary sulfonamides is 1. The Balaban J connectivity index is 0.000000810. The lowest BCUT2D eigenvalue weighted by Crippen LogP contribution is -2.48. The standard InChI is InChI=1S/C4H10N2O2S.ClH/c5-9(7,8)3-4-1-2-6-4;/h4,6H,1-3H2,(H2,5,7,8);1H. The second-order valence-electron chi connectivity index (χ2n) is 2.27. The summed E-state index contributed by atoms with van der Waals surface area (Å²) >= 11 is 0. The molecular formula is C4H11ClN2O2S. The zero-order valence-corrected chi connectivity index (χ0v) is 7.04. The molecule has 6 heteroatoms. The maximum Gasteiger partial charge on any atom is 0.210 e. The molecule has 0 aromatic rings.